The van der Waals surface area contributed by atoms with Crippen molar-refractivity contribution in [3.8, 4) is 0 Å². The Balaban J connectivity index is 1.28. The standard InChI is InChI=1S/C23H31N3O2S/c24-22(28)23-10-16-8-17(11-23)20(18(9-16)12-23)25-21(27)19-14-29-7-6-26(19)13-15-4-2-1-3-5-15/h1-5,16-20H,6-14H2,(H2,24,28)(H,25,27). The van der Waals surface area contributed by atoms with Crippen LogP contribution in [0.5, 0.6) is 0 Å². The van der Waals surface area contributed by atoms with Crippen LogP contribution in [0.25, 0.3) is 0 Å². The number of nitrogens with two attached hydrogens (primary N) is 1. The monoisotopic (exact) mass is 413 g/mol. The van der Waals surface area contributed by atoms with Gasteiger partial charge in [0.05, 0.1) is 6.04 Å². The molecule has 0 spiro atoms. The lowest BCUT2D eigenvalue weighted by molar-refractivity contribution is -0.148. The van der Waals surface area contributed by atoms with E-state index < -0.39 is 0 Å². The van der Waals surface area contributed by atoms with Gasteiger partial charge >= 0.3 is 0 Å². The van der Waals surface area contributed by atoms with E-state index in [9.17, 15) is 9.59 Å². The largest absolute Gasteiger partial charge is 0.369 e. The fourth-order valence-electron chi connectivity index (χ4n) is 6.71. The van der Waals surface area contributed by atoms with Gasteiger partial charge in [-0.1, -0.05) is 30.3 Å². The highest BCUT2D eigenvalue weighted by Gasteiger charge is 2.58. The van der Waals surface area contributed by atoms with Crippen LogP contribution in [0.1, 0.15) is 37.7 Å². The molecule has 5 fully saturated rings. The van der Waals surface area contributed by atoms with Crippen LogP contribution in [0.3, 0.4) is 0 Å². The van der Waals surface area contributed by atoms with Crippen LogP contribution in [-0.2, 0) is 16.1 Å². The van der Waals surface area contributed by atoms with Crippen molar-refractivity contribution in [3.63, 3.8) is 0 Å². The molecule has 6 rings (SSSR count). The second kappa shape index (κ2) is 7.62. The van der Waals surface area contributed by atoms with Gasteiger partial charge < -0.3 is 11.1 Å². The Hall–Kier alpha value is -1.53. The molecule has 5 nitrogen and oxygen atoms in total. The molecule has 3 atom stereocenters. The molecular formula is C23H31N3O2S. The third-order valence-electron chi connectivity index (χ3n) is 7.88. The molecule has 156 valence electrons. The number of rotatable bonds is 5. The van der Waals surface area contributed by atoms with Crippen molar-refractivity contribution in [3.05, 3.63) is 35.9 Å². The van der Waals surface area contributed by atoms with Crippen LogP contribution in [-0.4, -0.2) is 46.8 Å². The Morgan fingerprint density at radius 2 is 1.86 bits per heavy atom. The normalized spacial score (nSPS) is 38.7. The smallest absolute Gasteiger partial charge is 0.238 e. The van der Waals surface area contributed by atoms with E-state index in [2.05, 4.69) is 34.5 Å². The number of hydrogen-bond acceptors (Lipinski definition) is 4. The predicted octanol–water partition coefficient (Wildman–Crippen LogP) is 2.40. The predicted molar refractivity (Wildman–Crippen MR) is 115 cm³/mol. The molecule has 6 heteroatoms. The minimum Gasteiger partial charge on any atom is -0.369 e. The van der Waals surface area contributed by atoms with Crippen LogP contribution in [0.15, 0.2) is 30.3 Å². The third-order valence-corrected chi connectivity index (χ3v) is 8.90. The van der Waals surface area contributed by atoms with Crippen molar-refractivity contribution < 1.29 is 9.59 Å². The Labute approximate surface area is 177 Å². The van der Waals surface area contributed by atoms with E-state index in [1.807, 2.05) is 17.8 Å². The lowest BCUT2D eigenvalue weighted by atomic mass is 9.47. The van der Waals surface area contributed by atoms with Gasteiger partial charge in [-0.3, -0.25) is 14.5 Å². The van der Waals surface area contributed by atoms with Crippen molar-refractivity contribution in [2.45, 2.75) is 50.7 Å². The second-order valence-corrected chi connectivity index (χ2v) is 10.8. The van der Waals surface area contributed by atoms with E-state index in [4.69, 9.17) is 5.73 Å². The Kier molecular flexibility index (Phi) is 5.11. The SMILES string of the molecule is NC(=O)C12CC3CC(C1)C(NC(=O)C1CSCCN1Cc1ccccc1)C(C3)C2. The summed E-state index contributed by atoms with van der Waals surface area (Å²) in [5.41, 5.74) is 6.78. The lowest BCUT2D eigenvalue weighted by Gasteiger charge is -2.59. The number of benzene rings is 1. The Bertz CT molecular complexity index is 770. The zero-order chi connectivity index (χ0) is 20.0. The number of hydrogen-bond donors (Lipinski definition) is 2. The Morgan fingerprint density at radius 3 is 2.55 bits per heavy atom. The van der Waals surface area contributed by atoms with E-state index >= 15 is 0 Å². The highest BCUT2D eigenvalue weighted by molar-refractivity contribution is 7.99. The van der Waals surface area contributed by atoms with Crippen LogP contribution in [0.4, 0.5) is 0 Å². The van der Waals surface area contributed by atoms with Gasteiger partial charge in [-0.2, -0.15) is 11.8 Å². The lowest BCUT2D eigenvalue weighted by Crippen LogP contribution is -2.64. The molecule has 0 radical (unpaired) electrons. The van der Waals surface area contributed by atoms with Gasteiger partial charge in [-0.15, -0.1) is 0 Å². The molecule has 2 amide bonds. The molecule has 1 aliphatic heterocycles. The quantitative estimate of drug-likeness (QED) is 0.777. The molecule has 1 saturated heterocycles. The maximum Gasteiger partial charge on any atom is 0.238 e. The van der Waals surface area contributed by atoms with E-state index in [-0.39, 0.29) is 29.3 Å². The number of nitrogens with one attached hydrogen (secondary N) is 1. The molecule has 4 saturated carbocycles. The summed E-state index contributed by atoms with van der Waals surface area (Å²) in [5, 5.41) is 3.46. The first-order valence-corrected chi connectivity index (χ1v) is 12.2. The molecule has 0 aromatic heterocycles. The van der Waals surface area contributed by atoms with Gasteiger partial charge in [0.15, 0.2) is 0 Å². The van der Waals surface area contributed by atoms with Crippen LogP contribution in [0, 0.1) is 23.2 Å². The van der Waals surface area contributed by atoms with Gasteiger partial charge in [0, 0.05) is 36.1 Å². The van der Waals surface area contributed by atoms with Crippen LogP contribution < -0.4 is 11.1 Å². The minimum absolute atomic E-state index is 0.0729. The number of carbonyl (C=O) groups is 2. The van der Waals surface area contributed by atoms with Gasteiger partial charge in [0.2, 0.25) is 11.8 Å². The molecule has 1 heterocycles. The summed E-state index contributed by atoms with van der Waals surface area (Å²) in [4.78, 5) is 27.9. The summed E-state index contributed by atoms with van der Waals surface area (Å²) in [5.74, 6) is 3.45. The average Bonchev–Trinajstić information content (AvgIpc) is 2.71. The van der Waals surface area contributed by atoms with Gasteiger partial charge in [0.1, 0.15) is 0 Å². The van der Waals surface area contributed by atoms with Gasteiger partial charge in [0.25, 0.3) is 0 Å². The van der Waals surface area contributed by atoms with Gasteiger partial charge in [-0.25, -0.2) is 0 Å². The fraction of sp³-hybridized carbons (Fsp3) is 0.652. The number of nitrogens with zero attached hydrogens (tertiary/aromatic N) is 1. The highest BCUT2D eigenvalue weighted by atomic mass is 32.2. The molecule has 4 aliphatic carbocycles. The Morgan fingerprint density at radius 1 is 1.14 bits per heavy atom. The zero-order valence-electron chi connectivity index (χ0n) is 16.9. The van der Waals surface area contributed by atoms with E-state index in [1.54, 1.807) is 0 Å². The summed E-state index contributed by atoms with van der Waals surface area (Å²) in [7, 11) is 0. The molecular weight excluding hydrogens is 382 g/mol. The number of primary amides is 1. The van der Waals surface area contributed by atoms with Crippen molar-refractivity contribution in [1.29, 1.82) is 0 Å². The van der Waals surface area contributed by atoms with Crippen molar-refractivity contribution in [2.75, 3.05) is 18.1 Å². The molecule has 29 heavy (non-hydrogen) atoms. The summed E-state index contributed by atoms with van der Waals surface area (Å²) in [6, 6.07) is 10.6. The molecule has 1 aromatic rings. The first-order chi connectivity index (χ1) is 14.0. The minimum atomic E-state index is -0.294. The third kappa shape index (κ3) is 3.59. The topological polar surface area (TPSA) is 75.4 Å². The first kappa shape index (κ1) is 19.4. The molecule has 5 aliphatic rings. The maximum atomic E-state index is 13.3. The van der Waals surface area contributed by atoms with Crippen molar-refractivity contribution in [1.82, 2.24) is 10.2 Å². The van der Waals surface area contributed by atoms with E-state index in [1.165, 1.54) is 5.56 Å². The molecule has 4 bridgehead atoms. The highest BCUT2D eigenvalue weighted by Crippen LogP contribution is 2.59. The maximum absolute atomic E-state index is 13.3. The van der Waals surface area contributed by atoms with Crippen LogP contribution >= 0.6 is 11.8 Å². The number of carbonyl (C=O) groups excluding carboxylic acids is 2. The summed E-state index contributed by atoms with van der Waals surface area (Å²) in [6.45, 7) is 1.77. The molecule has 3 unspecified atom stereocenters. The van der Waals surface area contributed by atoms with E-state index in [0.717, 1.165) is 56.7 Å². The second-order valence-electron chi connectivity index (χ2n) is 9.70. The molecule has 3 N–H and O–H groups in total. The number of amides is 2. The van der Waals surface area contributed by atoms with Crippen molar-refractivity contribution in [2.24, 2.45) is 28.9 Å². The zero-order valence-corrected chi connectivity index (χ0v) is 17.7. The molecule has 1 aromatic carbocycles. The summed E-state index contributed by atoms with van der Waals surface area (Å²) < 4.78 is 0. The summed E-state index contributed by atoms with van der Waals surface area (Å²) >= 11 is 1.88. The average molecular weight is 414 g/mol. The fourth-order valence-corrected chi connectivity index (χ4v) is 7.82. The number of thioether (sulfide) groups is 1. The van der Waals surface area contributed by atoms with Gasteiger partial charge in [-0.05, 0) is 55.4 Å². The first-order valence-electron chi connectivity index (χ1n) is 11.0. The van der Waals surface area contributed by atoms with E-state index in [0.29, 0.717) is 17.8 Å². The summed E-state index contributed by atoms with van der Waals surface area (Å²) in [6.07, 6.45) is 4.99. The van der Waals surface area contributed by atoms with Crippen molar-refractivity contribution >= 4 is 23.6 Å². The van der Waals surface area contributed by atoms with Crippen LogP contribution in [0.2, 0.25) is 0 Å².